The molecule has 1 saturated heterocycles. The van der Waals surface area contributed by atoms with Crippen molar-refractivity contribution in [3.63, 3.8) is 0 Å². The van der Waals surface area contributed by atoms with Crippen LogP contribution in [0.1, 0.15) is 6.42 Å². The van der Waals surface area contributed by atoms with E-state index in [0.29, 0.717) is 0 Å². The SMILES string of the molecule is Ic1cnc(N2CCCOCC2)nc1. The molecule has 0 N–H and O–H groups in total. The third-order valence-electron chi connectivity index (χ3n) is 2.11. The van der Waals surface area contributed by atoms with Gasteiger partial charge in [0, 0.05) is 35.7 Å². The number of rotatable bonds is 1. The van der Waals surface area contributed by atoms with Crippen LogP contribution in [0.3, 0.4) is 0 Å². The van der Waals surface area contributed by atoms with E-state index in [0.717, 1.165) is 42.2 Å². The van der Waals surface area contributed by atoms with Crippen molar-refractivity contribution in [3.8, 4) is 0 Å². The smallest absolute Gasteiger partial charge is 0.225 e. The highest BCUT2D eigenvalue weighted by Gasteiger charge is 2.11. The highest BCUT2D eigenvalue weighted by molar-refractivity contribution is 14.1. The van der Waals surface area contributed by atoms with Gasteiger partial charge in [0.25, 0.3) is 0 Å². The maximum Gasteiger partial charge on any atom is 0.225 e. The van der Waals surface area contributed by atoms with Gasteiger partial charge in [-0.05, 0) is 29.0 Å². The van der Waals surface area contributed by atoms with Crippen molar-refractivity contribution >= 4 is 28.5 Å². The van der Waals surface area contributed by atoms with Crippen LogP contribution in [0.2, 0.25) is 0 Å². The summed E-state index contributed by atoms with van der Waals surface area (Å²) in [5.74, 6) is 0.816. The molecular weight excluding hydrogens is 293 g/mol. The van der Waals surface area contributed by atoms with Crippen molar-refractivity contribution < 1.29 is 4.74 Å². The summed E-state index contributed by atoms with van der Waals surface area (Å²) in [4.78, 5) is 10.8. The molecule has 2 rings (SSSR count). The van der Waals surface area contributed by atoms with Crippen LogP contribution < -0.4 is 4.90 Å². The lowest BCUT2D eigenvalue weighted by atomic mass is 10.4. The second kappa shape index (κ2) is 4.88. The standard InChI is InChI=1S/C9H12IN3O/c10-8-6-11-9(12-7-8)13-2-1-4-14-5-3-13/h6-7H,1-5H2. The molecule has 14 heavy (non-hydrogen) atoms. The predicted octanol–water partition coefficient (Wildman–Crippen LogP) is 1.31. The fourth-order valence-electron chi connectivity index (χ4n) is 1.41. The molecule has 2 heterocycles. The first-order valence-corrected chi connectivity index (χ1v) is 5.74. The first-order chi connectivity index (χ1) is 6.86. The van der Waals surface area contributed by atoms with E-state index in [2.05, 4.69) is 37.5 Å². The zero-order chi connectivity index (χ0) is 9.80. The fourth-order valence-corrected chi connectivity index (χ4v) is 1.69. The van der Waals surface area contributed by atoms with Crippen molar-refractivity contribution in [3.05, 3.63) is 16.0 Å². The van der Waals surface area contributed by atoms with Crippen molar-refractivity contribution in [2.75, 3.05) is 31.2 Å². The summed E-state index contributed by atoms with van der Waals surface area (Å²) in [7, 11) is 0. The van der Waals surface area contributed by atoms with Crippen LogP contribution >= 0.6 is 22.6 Å². The summed E-state index contributed by atoms with van der Waals surface area (Å²) in [5, 5.41) is 0. The van der Waals surface area contributed by atoms with Crippen molar-refractivity contribution in [1.29, 1.82) is 0 Å². The highest BCUT2D eigenvalue weighted by Crippen LogP contribution is 2.10. The number of anilines is 1. The van der Waals surface area contributed by atoms with Gasteiger partial charge in [0.1, 0.15) is 0 Å². The zero-order valence-electron chi connectivity index (χ0n) is 7.82. The Bertz CT molecular complexity index is 283. The Morgan fingerprint density at radius 3 is 2.79 bits per heavy atom. The maximum atomic E-state index is 5.37. The molecule has 0 spiro atoms. The molecule has 0 radical (unpaired) electrons. The van der Waals surface area contributed by atoms with E-state index in [4.69, 9.17) is 4.74 Å². The van der Waals surface area contributed by atoms with Crippen LogP contribution in [0.4, 0.5) is 5.95 Å². The van der Waals surface area contributed by atoms with Crippen LogP contribution in [0.25, 0.3) is 0 Å². The van der Waals surface area contributed by atoms with Gasteiger partial charge in [0.2, 0.25) is 5.95 Å². The molecular formula is C9H12IN3O. The Labute approximate surface area is 96.8 Å². The van der Waals surface area contributed by atoms with Crippen LogP contribution in [-0.4, -0.2) is 36.3 Å². The fraction of sp³-hybridized carbons (Fsp3) is 0.556. The summed E-state index contributed by atoms with van der Waals surface area (Å²) in [6, 6.07) is 0. The number of hydrogen-bond acceptors (Lipinski definition) is 4. The molecule has 1 aliphatic heterocycles. The number of hydrogen-bond donors (Lipinski definition) is 0. The molecule has 1 fully saturated rings. The minimum atomic E-state index is 0.773. The van der Waals surface area contributed by atoms with E-state index in [9.17, 15) is 0 Å². The van der Waals surface area contributed by atoms with Crippen molar-refractivity contribution in [2.45, 2.75) is 6.42 Å². The summed E-state index contributed by atoms with van der Waals surface area (Å²) in [5.41, 5.74) is 0. The van der Waals surface area contributed by atoms with Gasteiger partial charge >= 0.3 is 0 Å². The maximum absolute atomic E-state index is 5.37. The lowest BCUT2D eigenvalue weighted by Crippen LogP contribution is -2.27. The third kappa shape index (κ3) is 2.54. The van der Waals surface area contributed by atoms with E-state index in [1.165, 1.54) is 0 Å². The summed E-state index contributed by atoms with van der Waals surface area (Å²) in [6.45, 7) is 3.50. The lowest BCUT2D eigenvalue weighted by Gasteiger charge is -2.18. The van der Waals surface area contributed by atoms with Gasteiger partial charge < -0.3 is 9.64 Å². The summed E-state index contributed by atoms with van der Waals surface area (Å²) in [6.07, 6.45) is 4.73. The van der Waals surface area contributed by atoms with Gasteiger partial charge in [-0.25, -0.2) is 9.97 Å². The zero-order valence-corrected chi connectivity index (χ0v) is 9.98. The topological polar surface area (TPSA) is 38.2 Å². The molecule has 5 heteroatoms. The van der Waals surface area contributed by atoms with Crippen LogP contribution in [0, 0.1) is 3.57 Å². The third-order valence-corrected chi connectivity index (χ3v) is 2.67. The Hall–Kier alpha value is -0.430. The molecule has 0 amide bonds. The molecule has 1 aromatic rings. The number of ether oxygens (including phenoxy) is 1. The van der Waals surface area contributed by atoms with E-state index in [-0.39, 0.29) is 0 Å². The summed E-state index contributed by atoms with van der Waals surface area (Å²) >= 11 is 2.21. The molecule has 0 unspecified atom stereocenters. The van der Waals surface area contributed by atoms with Crippen LogP contribution in [-0.2, 0) is 4.74 Å². The Balaban J connectivity index is 2.08. The predicted molar refractivity (Wildman–Crippen MR) is 62.4 cm³/mol. The molecule has 0 bridgehead atoms. The molecule has 0 aromatic carbocycles. The summed E-state index contributed by atoms with van der Waals surface area (Å²) < 4.78 is 6.44. The molecule has 0 atom stereocenters. The molecule has 1 aliphatic rings. The van der Waals surface area contributed by atoms with E-state index >= 15 is 0 Å². The molecule has 4 nitrogen and oxygen atoms in total. The Kier molecular flexibility index (Phi) is 3.52. The molecule has 0 saturated carbocycles. The second-order valence-electron chi connectivity index (χ2n) is 3.15. The first-order valence-electron chi connectivity index (χ1n) is 4.66. The van der Waals surface area contributed by atoms with Gasteiger partial charge in [-0.2, -0.15) is 0 Å². The molecule has 1 aromatic heterocycles. The monoisotopic (exact) mass is 305 g/mol. The second-order valence-corrected chi connectivity index (χ2v) is 4.40. The average Bonchev–Trinajstić information content (AvgIpc) is 2.47. The number of halogens is 1. The van der Waals surface area contributed by atoms with Gasteiger partial charge in [0.15, 0.2) is 0 Å². The van der Waals surface area contributed by atoms with E-state index < -0.39 is 0 Å². The van der Waals surface area contributed by atoms with Crippen molar-refractivity contribution in [2.24, 2.45) is 0 Å². The number of aromatic nitrogens is 2. The average molecular weight is 305 g/mol. The number of nitrogens with zero attached hydrogens (tertiary/aromatic N) is 3. The molecule has 76 valence electrons. The first kappa shape index (κ1) is 10.1. The largest absolute Gasteiger partial charge is 0.380 e. The quantitative estimate of drug-likeness (QED) is 0.733. The van der Waals surface area contributed by atoms with E-state index in [1.54, 1.807) is 0 Å². The van der Waals surface area contributed by atoms with Gasteiger partial charge in [0.05, 0.1) is 6.61 Å². The van der Waals surface area contributed by atoms with Crippen LogP contribution in [0.5, 0.6) is 0 Å². The minimum Gasteiger partial charge on any atom is -0.380 e. The normalized spacial score (nSPS) is 17.9. The van der Waals surface area contributed by atoms with Crippen molar-refractivity contribution in [1.82, 2.24) is 9.97 Å². The van der Waals surface area contributed by atoms with Gasteiger partial charge in [-0.3, -0.25) is 0 Å². The Morgan fingerprint density at radius 1 is 1.21 bits per heavy atom. The van der Waals surface area contributed by atoms with Gasteiger partial charge in [-0.15, -0.1) is 0 Å². The molecule has 0 aliphatic carbocycles. The Morgan fingerprint density at radius 2 is 2.00 bits per heavy atom. The lowest BCUT2D eigenvalue weighted by molar-refractivity contribution is 0.152. The van der Waals surface area contributed by atoms with E-state index in [1.807, 2.05) is 12.4 Å². The van der Waals surface area contributed by atoms with Crippen LogP contribution in [0.15, 0.2) is 12.4 Å². The minimum absolute atomic E-state index is 0.773. The van der Waals surface area contributed by atoms with Gasteiger partial charge in [-0.1, -0.05) is 0 Å². The highest BCUT2D eigenvalue weighted by atomic mass is 127.